The van der Waals surface area contributed by atoms with Crippen molar-refractivity contribution in [3.63, 3.8) is 0 Å². The van der Waals surface area contributed by atoms with E-state index in [9.17, 15) is 22.8 Å². The van der Waals surface area contributed by atoms with Gasteiger partial charge in [-0.1, -0.05) is 6.07 Å². The molecule has 2 amide bonds. The first-order valence-electron chi connectivity index (χ1n) is 10.1. The Morgan fingerprint density at radius 1 is 1.12 bits per heavy atom. The van der Waals surface area contributed by atoms with Crippen LogP contribution in [0.2, 0.25) is 0 Å². The summed E-state index contributed by atoms with van der Waals surface area (Å²) in [6.07, 6.45) is -4.11. The largest absolute Gasteiger partial charge is 0.496 e. The number of nitrogen functional groups attached to an aromatic ring is 1. The first-order valence-corrected chi connectivity index (χ1v) is 10.1. The van der Waals surface area contributed by atoms with E-state index >= 15 is 0 Å². The summed E-state index contributed by atoms with van der Waals surface area (Å²) in [6, 6.07) is 8.46. The van der Waals surface area contributed by atoms with E-state index in [-0.39, 0.29) is 30.3 Å². The Labute approximate surface area is 188 Å². The summed E-state index contributed by atoms with van der Waals surface area (Å²) in [7, 11) is 1.24. The molecule has 1 aliphatic rings. The molecule has 3 rings (SSSR count). The van der Waals surface area contributed by atoms with Crippen molar-refractivity contribution in [2.75, 3.05) is 25.9 Å². The number of alkyl halides is 3. The summed E-state index contributed by atoms with van der Waals surface area (Å²) in [5, 5.41) is 0. The van der Waals surface area contributed by atoms with E-state index in [1.807, 2.05) is 0 Å². The Kier molecular flexibility index (Phi) is 6.80. The lowest BCUT2D eigenvalue weighted by Gasteiger charge is -2.33. The number of hydrogen-bond donors (Lipinski definition) is 3. The molecule has 1 fully saturated rings. The van der Waals surface area contributed by atoms with Crippen LogP contribution in [0, 0.1) is 0 Å². The maximum atomic E-state index is 13.9. The average molecular weight is 463 g/mol. The minimum atomic E-state index is -4.72. The second-order valence-electron chi connectivity index (χ2n) is 7.67. The van der Waals surface area contributed by atoms with Gasteiger partial charge in [-0.15, -0.1) is 0 Å². The van der Waals surface area contributed by atoms with E-state index in [1.165, 1.54) is 13.2 Å². The molecule has 2 aromatic rings. The fraction of sp³-hybridized carbons (Fsp3) is 0.318. The van der Waals surface area contributed by atoms with Crippen LogP contribution in [-0.2, 0) is 6.18 Å². The molecule has 0 atom stereocenters. The van der Waals surface area contributed by atoms with E-state index in [1.54, 1.807) is 29.2 Å². The fourth-order valence-electron chi connectivity index (χ4n) is 3.94. The number of nitrogens with two attached hydrogens (primary N) is 3. The van der Waals surface area contributed by atoms with Crippen LogP contribution in [0.15, 0.2) is 41.4 Å². The van der Waals surface area contributed by atoms with Crippen LogP contribution >= 0.6 is 0 Å². The third-order valence-electron chi connectivity index (χ3n) is 5.49. The lowest BCUT2D eigenvalue weighted by atomic mass is 9.85. The van der Waals surface area contributed by atoms with Crippen LogP contribution in [0.1, 0.15) is 50.6 Å². The lowest BCUT2D eigenvalue weighted by molar-refractivity contribution is -0.138. The highest BCUT2D eigenvalue weighted by Gasteiger charge is 2.38. The Morgan fingerprint density at radius 2 is 1.79 bits per heavy atom. The highest BCUT2D eigenvalue weighted by Crippen LogP contribution is 2.42. The zero-order valence-corrected chi connectivity index (χ0v) is 17.9. The number of hydrogen-bond acceptors (Lipinski definition) is 4. The molecule has 0 spiro atoms. The zero-order chi connectivity index (χ0) is 24.3. The van der Waals surface area contributed by atoms with Gasteiger partial charge >= 0.3 is 6.18 Å². The van der Waals surface area contributed by atoms with Crippen molar-refractivity contribution in [1.29, 1.82) is 0 Å². The minimum Gasteiger partial charge on any atom is -0.496 e. The van der Waals surface area contributed by atoms with Gasteiger partial charge in [0.1, 0.15) is 5.75 Å². The molecule has 1 aliphatic heterocycles. The van der Waals surface area contributed by atoms with Crippen molar-refractivity contribution < 1.29 is 27.5 Å². The molecule has 11 heteroatoms. The molecule has 0 aromatic heterocycles. The van der Waals surface area contributed by atoms with Gasteiger partial charge < -0.3 is 26.8 Å². The van der Waals surface area contributed by atoms with Crippen molar-refractivity contribution in [3.8, 4) is 5.75 Å². The monoisotopic (exact) mass is 463 g/mol. The highest BCUT2D eigenvalue weighted by atomic mass is 19.4. The second-order valence-corrected chi connectivity index (χ2v) is 7.67. The summed E-state index contributed by atoms with van der Waals surface area (Å²) >= 11 is 0. The number of guanidine groups is 1. The molecule has 8 nitrogen and oxygen atoms in total. The molecule has 0 bridgehead atoms. The van der Waals surface area contributed by atoms with Crippen molar-refractivity contribution in [3.05, 3.63) is 58.7 Å². The molecule has 0 radical (unpaired) electrons. The molecule has 176 valence electrons. The molecular formula is C22H24F3N5O3. The average Bonchev–Trinajstić information content (AvgIpc) is 2.76. The normalized spacial score (nSPS) is 14.6. The van der Waals surface area contributed by atoms with E-state index < -0.39 is 35.1 Å². The minimum absolute atomic E-state index is 0.00310. The third-order valence-corrected chi connectivity index (χ3v) is 5.49. The Bertz CT molecular complexity index is 1090. The van der Waals surface area contributed by atoms with Crippen LogP contribution < -0.4 is 21.9 Å². The predicted octanol–water partition coefficient (Wildman–Crippen LogP) is 2.73. The van der Waals surface area contributed by atoms with Gasteiger partial charge in [0.2, 0.25) is 0 Å². The number of aliphatic imine (C=N–C) groups is 1. The quantitative estimate of drug-likeness (QED) is 0.362. The number of ether oxygens (including phenoxy) is 1. The summed E-state index contributed by atoms with van der Waals surface area (Å²) in [5.74, 6) is -2.39. The molecule has 1 saturated heterocycles. The molecule has 0 aliphatic carbocycles. The summed E-state index contributed by atoms with van der Waals surface area (Å²) in [4.78, 5) is 29.9. The number of benzene rings is 2. The van der Waals surface area contributed by atoms with Crippen LogP contribution in [0.4, 0.5) is 18.9 Å². The van der Waals surface area contributed by atoms with Crippen LogP contribution in [0.5, 0.6) is 5.75 Å². The lowest BCUT2D eigenvalue weighted by Crippen LogP contribution is -2.38. The van der Waals surface area contributed by atoms with Crippen LogP contribution in [0.25, 0.3) is 0 Å². The number of likely N-dealkylation sites (tertiary alicyclic amines) is 1. The number of methoxy groups -OCH3 is 1. The van der Waals surface area contributed by atoms with Gasteiger partial charge in [0, 0.05) is 24.3 Å². The first kappa shape index (κ1) is 23.9. The van der Waals surface area contributed by atoms with Gasteiger partial charge in [-0.2, -0.15) is 18.2 Å². The van der Waals surface area contributed by atoms with E-state index in [2.05, 4.69) is 4.99 Å². The molecule has 2 aromatic carbocycles. The number of amides is 2. The van der Waals surface area contributed by atoms with Crippen LogP contribution in [0.3, 0.4) is 0 Å². The van der Waals surface area contributed by atoms with Crippen molar-refractivity contribution in [1.82, 2.24) is 4.90 Å². The maximum absolute atomic E-state index is 13.9. The Hall–Kier alpha value is -3.76. The van der Waals surface area contributed by atoms with Crippen molar-refractivity contribution in [2.24, 2.45) is 16.5 Å². The molecule has 0 saturated carbocycles. The maximum Gasteiger partial charge on any atom is 0.416 e. The number of nitrogens with zero attached hydrogens (tertiary/aromatic N) is 2. The topological polar surface area (TPSA) is 137 Å². The third kappa shape index (κ3) is 5.36. The number of halogens is 3. The SMILES string of the molecule is COc1cc(C2CCN(C(=O)c3cccc(N)c3)CC2)c(C(F)(F)F)cc1C(=O)N=C(N)N. The van der Waals surface area contributed by atoms with Gasteiger partial charge in [-0.25, -0.2) is 0 Å². The Balaban J connectivity index is 1.89. The van der Waals surface area contributed by atoms with Crippen molar-refractivity contribution >= 4 is 23.5 Å². The number of rotatable bonds is 4. The van der Waals surface area contributed by atoms with E-state index in [0.29, 0.717) is 30.2 Å². The zero-order valence-electron chi connectivity index (χ0n) is 17.9. The molecule has 0 unspecified atom stereocenters. The summed E-state index contributed by atoms with van der Waals surface area (Å²) in [6.45, 7) is 0.541. The number of carbonyl (C=O) groups is 2. The molecule has 6 N–H and O–H groups in total. The van der Waals surface area contributed by atoms with Crippen molar-refractivity contribution in [2.45, 2.75) is 24.9 Å². The van der Waals surface area contributed by atoms with Gasteiger partial charge in [0.05, 0.1) is 18.2 Å². The Morgan fingerprint density at radius 3 is 2.33 bits per heavy atom. The fourth-order valence-corrected chi connectivity index (χ4v) is 3.94. The summed E-state index contributed by atoms with van der Waals surface area (Å²) in [5.41, 5.74) is 15.6. The predicted molar refractivity (Wildman–Crippen MR) is 117 cm³/mol. The first-order chi connectivity index (χ1) is 15.5. The number of anilines is 1. The van der Waals surface area contributed by atoms with Gasteiger partial charge in [0.15, 0.2) is 5.96 Å². The van der Waals surface area contributed by atoms with Gasteiger partial charge in [0.25, 0.3) is 11.8 Å². The molecule has 1 heterocycles. The summed E-state index contributed by atoms with van der Waals surface area (Å²) < 4.78 is 46.8. The van der Waals surface area contributed by atoms with Crippen LogP contribution in [-0.4, -0.2) is 42.9 Å². The molecule has 33 heavy (non-hydrogen) atoms. The second kappa shape index (κ2) is 9.39. The van der Waals surface area contributed by atoms with Gasteiger partial charge in [-0.05, 0) is 54.7 Å². The standard InChI is InChI=1S/C22H24F3N5O3/c1-33-18-11-15(17(22(23,24)25)10-16(18)19(31)29-21(27)28)12-5-7-30(8-6-12)20(32)13-3-2-4-14(26)9-13/h2-4,9-12H,5-8,26H2,1H3,(H4,27,28,29,31). The van der Waals surface area contributed by atoms with E-state index in [0.717, 1.165) is 0 Å². The molecular weight excluding hydrogens is 439 g/mol. The van der Waals surface area contributed by atoms with Gasteiger partial charge in [-0.3, -0.25) is 9.59 Å². The smallest absolute Gasteiger partial charge is 0.416 e. The highest BCUT2D eigenvalue weighted by molar-refractivity contribution is 6.04. The number of piperidine rings is 1. The number of carbonyl (C=O) groups excluding carboxylic acids is 2. The van der Waals surface area contributed by atoms with E-state index in [4.69, 9.17) is 21.9 Å².